The molecule has 16 heteroatoms. The average molecular weight is 894 g/mol. The van der Waals surface area contributed by atoms with Crippen molar-refractivity contribution in [1.82, 2.24) is 5.32 Å². The fourth-order valence-corrected chi connectivity index (χ4v) is 11.8. The summed E-state index contributed by atoms with van der Waals surface area (Å²) in [4.78, 5) is 46.3. The third kappa shape index (κ3) is 7.39. The second-order valence-corrected chi connectivity index (χ2v) is 19.1. The Morgan fingerprint density at radius 1 is 1.02 bits per heavy atom. The SMILES string of the molecule is Cc1cc(=O)c2cc3c(c(N4C=C5N=CC=C5C4)c2o1)OC1(CCCC(C2CNC(=O)C24CCCC4)C1)C(OOCC(O)(Cc1ccc(O)c2ccc(O)cc12)C(O)C(O)C(O)CO)C3. The Morgan fingerprint density at radius 2 is 1.83 bits per heavy atom. The number of carbonyl (C=O) groups is 1. The quantitative estimate of drug-likeness (QED) is 0.0744. The Balaban J connectivity index is 1.04. The first kappa shape index (κ1) is 43.6. The number of carbonyl (C=O) groups excluding carboxylic acids is 1. The minimum absolute atomic E-state index is 0.0540. The summed E-state index contributed by atoms with van der Waals surface area (Å²) in [5.41, 5.74) is -0.393. The summed E-state index contributed by atoms with van der Waals surface area (Å²) in [5.74, 6) is 0.981. The molecule has 6 aliphatic rings. The van der Waals surface area contributed by atoms with E-state index in [-0.39, 0.29) is 41.1 Å². The average Bonchev–Trinajstić information content (AvgIpc) is 4.10. The Labute approximate surface area is 374 Å². The molecule has 1 saturated heterocycles. The summed E-state index contributed by atoms with van der Waals surface area (Å²) in [5, 5.41) is 80.3. The van der Waals surface area contributed by atoms with Crippen LogP contribution in [0.3, 0.4) is 0 Å². The maximum atomic E-state index is 13.7. The number of nitrogens with one attached hydrogen (secondary N) is 1. The standard InChI is InChI=1S/C49H55N3O13/c1-26-15-38(56)34-16-30-17-40(65-62-25-48(61,45(59)42(58)39(57)24-53)19-27-6-9-37(55)32-8-7-31(54)18-33(27)32)49(13-4-5-28(20-49)35-21-51-46(60)47(35)11-2-3-12-47)64-43(30)41(44(34)63-26)52-22-29-10-14-50-36(29)23-52/h6-10,14-16,18,23,28,35,39-40,42,45,53-55,57-59,61H,2-5,11-13,17,19-22,24-25H2,1H3,(H,51,60). The third-order valence-electron chi connectivity index (χ3n) is 15.2. The van der Waals surface area contributed by atoms with Gasteiger partial charge in [0.1, 0.15) is 65.2 Å². The number of rotatable bonds is 12. The molecule has 5 heterocycles. The zero-order valence-electron chi connectivity index (χ0n) is 36.1. The Kier molecular flexibility index (Phi) is 11.1. The number of aryl methyl sites for hydroxylation is 1. The van der Waals surface area contributed by atoms with Crippen LogP contribution in [-0.4, -0.2) is 110 Å². The van der Waals surface area contributed by atoms with Crippen molar-refractivity contribution in [2.45, 2.75) is 107 Å². The number of aliphatic hydroxyl groups is 5. The molecule has 1 amide bonds. The number of benzene rings is 3. The topological polar surface area (TPSA) is 244 Å². The van der Waals surface area contributed by atoms with E-state index in [1.807, 2.05) is 17.2 Å². The molecule has 8 N–H and O–H groups in total. The van der Waals surface area contributed by atoms with Crippen LogP contribution in [0.25, 0.3) is 21.7 Å². The van der Waals surface area contributed by atoms with Crippen molar-refractivity contribution in [1.29, 1.82) is 0 Å². The number of amides is 1. The van der Waals surface area contributed by atoms with Crippen molar-refractivity contribution in [2.24, 2.45) is 22.2 Å². The molecule has 2 spiro atoms. The third-order valence-corrected chi connectivity index (χ3v) is 15.2. The summed E-state index contributed by atoms with van der Waals surface area (Å²) in [7, 11) is 0. The molecule has 0 bridgehead atoms. The number of aliphatic imine (C=N–C) groups is 1. The number of nitrogens with zero attached hydrogens (tertiary/aromatic N) is 2. The predicted molar refractivity (Wildman–Crippen MR) is 238 cm³/mol. The number of aliphatic hydroxyl groups excluding tert-OH is 4. The first-order valence-electron chi connectivity index (χ1n) is 22.6. The van der Waals surface area contributed by atoms with Crippen LogP contribution < -0.4 is 20.4 Å². The van der Waals surface area contributed by atoms with E-state index in [0.717, 1.165) is 49.8 Å². The van der Waals surface area contributed by atoms with E-state index in [4.69, 9.17) is 18.9 Å². The second-order valence-electron chi connectivity index (χ2n) is 19.1. The van der Waals surface area contributed by atoms with Gasteiger partial charge >= 0.3 is 0 Å². The molecule has 16 nitrogen and oxygen atoms in total. The van der Waals surface area contributed by atoms with Crippen LogP contribution in [0.4, 0.5) is 5.69 Å². The van der Waals surface area contributed by atoms with E-state index in [1.54, 1.807) is 19.2 Å². The molecule has 0 radical (unpaired) electrons. The molecule has 3 aromatic carbocycles. The Hall–Kier alpha value is -5.33. The van der Waals surface area contributed by atoms with Gasteiger partial charge in [-0.15, -0.1) is 0 Å². The fourth-order valence-electron chi connectivity index (χ4n) is 11.8. The van der Waals surface area contributed by atoms with Crippen LogP contribution in [0, 0.1) is 24.2 Å². The first-order valence-corrected chi connectivity index (χ1v) is 22.6. The number of ether oxygens (including phenoxy) is 1. The number of fused-ring (bicyclic) bond motifs is 4. The van der Waals surface area contributed by atoms with Crippen LogP contribution in [0.1, 0.15) is 68.3 Å². The normalized spacial score (nSPS) is 26.8. The number of hydrogen-bond acceptors (Lipinski definition) is 15. The molecule has 3 fully saturated rings. The molecule has 1 aromatic heterocycles. The highest BCUT2D eigenvalue weighted by molar-refractivity contribution is 5.96. The molecule has 10 rings (SSSR count). The maximum absolute atomic E-state index is 13.7. The van der Waals surface area contributed by atoms with E-state index in [0.29, 0.717) is 76.0 Å². The van der Waals surface area contributed by atoms with E-state index in [1.165, 1.54) is 36.4 Å². The van der Waals surface area contributed by atoms with Gasteiger partial charge in [0, 0.05) is 54.4 Å². The number of aromatic hydroxyl groups is 2. The van der Waals surface area contributed by atoms with E-state index >= 15 is 0 Å². The lowest BCUT2D eigenvalue weighted by molar-refractivity contribution is -0.374. The smallest absolute Gasteiger partial charge is 0.226 e. The van der Waals surface area contributed by atoms with Crippen molar-refractivity contribution < 1.29 is 59.5 Å². The minimum Gasteiger partial charge on any atom is -0.508 e. The Bertz CT molecular complexity index is 2710. The molecule has 8 atom stereocenters. The number of phenolic OH excluding ortho intramolecular Hbond substituents is 2. The van der Waals surface area contributed by atoms with Crippen molar-refractivity contribution in [2.75, 3.05) is 31.2 Å². The molecule has 4 aromatic rings. The van der Waals surface area contributed by atoms with Gasteiger partial charge in [0.25, 0.3) is 0 Å². The van der Waals surface area contributed by atoms with E-state index < -0.39 is 60.7 Å². The van der Waals surface area contributed by atoms with Crippen LogP contribution in [0.15, 0.2) is 80.2 Å². The van der Waals surface area contributed by atoms with Gasteiger partial charge in [0.15, 0.2) is 16.8 Å². The van der Waals surface area contributed by atoms with Crippen molar-refractivity contribution in [3.63, 3.8) is 0 Å². The lowest BCUT2D eigenvalue weighted by Gasteiger charge is -2.50. The van der Waals surface area contributed by atoms with Gasteiger partial charge < -0.3 is 55.1 Å². The number of hydrogen-bond donors (Lipinski definition) is 8. The first-order chi connectivity index (χ1) is 31.2. The molecule has 2 aliphatic carbocycles. The monoisotopic (exact) mass is 893 g/mol. The molecular formula is C49H55N3O13. The number of phenols is 2. The highest BCUT2D eigenvalue weighted by Crippen LogP contribution is 2.57. The molecular weight excluding hydrogens is 839 g/mol. The van der Waals surface area contributed by atoms with Crippen LogP contribution in [0.5, 0.6) is 17.2 Å². The Morgan fingerprint density at radius 3 is 2.62 bits per heavy atom. The summed E-state index contributed by atoms with van der Waals surface area (Å²) in [6, 6.07) is 10.4. The lowest BCUT2D eigenvalue weighted by Crippen LogP contribution is -2.59. The van der Waals surface area contributed by atoms with Crippen molar-refractivity contribution in [3.05, 3.63) is 93.1 Å². The highest BCUT2D eigenvalue weighted by Gasteiger charge is 2.58. The van der Waals surface area contributed by atoms with Gasteiger partial charge in [0.05, 0.1) is 29.6 Å². The second kappa shape index (κ2) is 16.5. The van der Waals surface area contributed by atoms with Gasteiger partial charge in [-0.1, -0.05) is 18.9 Å². The molecule has 4 aliphatic heterocycles. The van der Waals surface area contributed by atoms with E-state index in [9.17, 15) is 45.3 Å². The summed E-state index contributed by atoms with van der Waals surface area (Å²) < 4.78 is 13.8. The zero-order valence-corrected chi connectivity index (χ0v) is 36.1. The van der Waals surface area contributed by atoms with Crippen molar-refractivity contribution >= 4 is 39.6 Å². The molecule has 8 unspecified atom stereocenters. The largest absolute Gasteiger partial charge is 0.508 e. The summed E-state index contributed by atoms with van der Waals surface area (Å²) in [6.45, 7) is 1.08. The predicted octanol–water partition coefficient (Wildman–Crippen LogP) is 3.87. The van der Waals surface area contributed by atoms with Gasteiger partial charge in [0.2, 0.25) is 5.91 Å². The molecule has 65 heavy (non-hydrogen) atoms. The van der Waals surface area contributed by atoms with Crippen molar-refractivity contribution in [3.8, 4) is 17.2 Å². The van der Waals surface area contributed by atoms with Gasteiger partial charge in [-0.25, -0.2) is 9.78 Å². The fraction of sp³-hybridized carbons (Fsp3) is 0.490. The highest BCUT2D eigenvalue weighted by atomic mass is 17.2. The van der Waals surface area contributed by atoms with E-state index in [2.05, 4.69) is 10.3 Å². The van der Waals surface area contributed by atoms with Crippen LogP contribution >= 0.6 is 0 Å². The molecule has 2 saturated carbocycles. The minimum atomic E-state index is -2.40. The van der Waals surface area contributed by atoms with Gasteiger partial charge in [-0.3, -0.25) is 14.6 Å². The van der Waals surface area contributed by atoms with Crippen LogP contribution in [0.2, 0.25) is 0 Å². The van der Waals surface area contributed by atoms with Gasteiger partial charge in [-0.05, 0) is 105 Å². The van der Waals surface area contributed by atoms with Gasteiger partial charge in [-0.2, -0.15) is 0 Å². The van der Waals surface area contributed by atoms with Crippen LogP contribution in [-0.2, 0) is 27.4 Å². The summed E-state index contributed by atoms with van der Waals surface area (Å²) in [6.07, 6.45) is 4.79. The molecule has 344 valence electrons. The lowest BCUT2D eigenvalue weighted by atomic mass is 9.62. The number of anilines is 1. The maximum Gasteiger partial charge on any atom is 0.226 e. The summed E-state index contributed by atoms with van der Waals surface area (Å²) >= 11 is 0. The zero-order chi connectivity index (χ0) is 45.4. The number of allylic oxidation sites excluding steroid dienone is 1.